The summed E-state index contributed by atoms with van der Waals surface area (Å²) in [5.74, 6) is 0. The summed E-state index contributed by atoms with van der Waals surface area (Å²) in [6.45, 7) is 1.82. The van der Waals surface area contributed by atoms with Crippen molar-refractivity contribution in [2.24, 2.45) is 7.05 Å². The molecule has 1 aliphatic carbocycles. The number of hydrogen-bond acceptors (Lipinski definition) is 6. The number of fused-ring (bicyclic) bond motifs is 5. The van der Waals surface area contributed by atoms with Crippen LogP contribution in [0.3, 0.4) is 0 Å². The minimum Gasteiger partial charge on any atom is -0.377 e. The molecule has 5 aromatic rings. The highest BCUT2D eigenvalue weighted by Gasteiger charge is 2.45. The summed E-state index contributed by atoms with van der Waals surface area (Å²) in [5.41, 5.74) is 8.64. The lowest BCUT2D eigenvalue weighted by Gasteiger charge is -2.24. The van der Waals surface area contributed by atoms with Gasteiger partial charge >= 0.3 is 0 Å². The van der Waals surface area contributed by atoms with Gasteiger partial charge in [-0.3, -0.25) is 9.36 Å². The van der Waals surface area contributed by atoms with E-state index in [1.807, 2.05) is 30.3 Å². The van der Waals surface area contributed by atoms with Crippen LogP contribution in [-0.2, 0) is 33.5 Å². The van der Waals surface area contributed by atoms with E-state index >= 15 is 0 Å². The molecule has 38 heavy (non-hydrogen) atoms. The third-order valence-electron chi connectivity index (χ3n) is 8.77. The van der Waals surface area contributed by atoms with Crippen LogP contribution in [0.25, 0.3) is 44.3 Å². The van der Waals surface area contributed by atoms with Crippen LogP contribution in [0.4, 0.5) is 0 Å². The molecule has 0 bridgehead atoms. The highest BCUT2D eigenvalue weighted by molar-refractivity contribution is 6.06. The topological polar surface area (TPSA) is 92.0 Å². The molecule has 2 aliphatic heterocycles. The van der Waals surface area contributed by atoms with Gasteiger partial charge in [-0.2, -0.15) is 10.2 Å². The van der Waals surface area contributed by atoms with Crippen molar-refractivity contribution < 1.29 is 14.2 Å². The zero-order valence-electron chi connectivity index (χ0n) is 21.6. The monoisotopic (exact) mass is 510 g/mol. The first kappa shape index (κ1) is 22.5. The van der Waals surface area contributed by atoms with Crippen LogP contribution in [0, 0.1) is 0 Å². The molecule has 2 fully saturated rings. The van der Waals surface area contributed by atoms with Crippen molar-refractivity contribution >= 4 is 21.9 Å². The first-order valence-corrected chi connectivity index (χ1v) is 13.4. The van der Waals surface area contributed by atoms with Crippen LogP contribution >= 0.6 is 0 Å². The van der Waals surface area contributed by atoms with Crippen molar-refractivity contribution in [1.29, 1.82) is 0 Å². The summed E-state index contributed by atoms with van der Waals surface area (Å²) in [6.07, 6.45) is 12.4. The molecule has 9 heteroatoms. The van der Waals surface area contributed by atoms with E-state index < -0.39 is 0 Å². The maximum Gasteiger partial charge on any atom is 0.138 e. The molecular formula is C29H30N6O3. The number of ether oxygens (including phenoxy) is 3. The standard InChI is InChI=1S/C29H30N6O3/c1-34-13-19(12-31-34)27-24(25-26-20(10-30-28(25)33-27)14-38-29(26)7-3-4-8-29)17-5-6-21-18(9-17)11-32-35(21)22-15-37-16-23(22)36-2/h5-6,9-13,22-23H,3-4,7-8,14-16H2,1-2H3,(H,30,33)/t22-,23-/m1/s1. The van der Waals surface area contributed by atoms with Crippen molar-refractivity contribution in [3.05, 3.63) is 54.1 Å². The van der Waals surface area contributed by atoms with E-state index in [9.17, 15) is 0 Å². The molecule has 8 rings (SSSR count). The van der Waals surface area contributed by atoms with Gasteiger partial charge in [-0.25, -0.2) is 4.98 Å². The fourth-order valence-corrected chi connectivity index (χ4v) is 6.96. The van der Waals surface area contributed by atoms with Crippen LogP contribution in [-0.4, -0.2) is 56.0 Å². The number of H-pyrrole nitrogens is 1. The molecule has 194 valence electrons. The lowest BCUT2D eigenvalue weighted by atomic mass is 9.86. The van der Waals surface area contributed by atoms with Crippen LogP contribution in [0.2, 0.25) is 0 Å². The molecule has 0 amide bonds. The number of pyridine rings is 1. The predicted molar refractivity (Wildman–Crippen MR) is 143 cm³/mol. The average molecular weight is 511 g/mol. The van der Waals surface area contributed by atoms with E-state index in [0.29, 0.717) is 19.8 Å². The Morgan fingerprint density at radius 3 is 2.79 bits per heavy atom. The third-order valence-corrected chi connectivity index (χ3v) is 8.77. The van der Waals surface area contributed by atoms with Crippen molar-refractivity contribution in [2.45, 2.75) is 50.0 Å². The van der Waals surface area contributed by atoms with Gasteiger partial charge in [-0.15, -0.1) is 0 Å². The van der Waals surface area contributed by atoms with E-state index in [0.717, 1.165) is 51.8 Å². The second kappa shape index (κ2) is 8.23. The van der Waals surface area contributed by atoms with Gasteiger partial charge in [-0.1, -0.05) is 18.9 Å². The van der Waals surface area contributed by atoms with Crippen molar-refractivity contribution in [1.82, 2.24) is 29.5 Å². The maximum atomic E-state index is 6.53. The van der Waals surface area contributed by atoms with Crippen molar-refractivity contribution in [2.75, 3.05) is 20.3 Å². The van der Waals surface area contributed by atoms with E-state index in [-0.39, 0.29) is 17.7 Å². The average Bonchev–Trinajstić information content (AvgIpc) is 3.77. The Hall–Kier alpha value is -3.53. The number of rotatable bonds is 4. The summed E-state index contributed by atoms with van der Waals surface area (Å²) in [6, 6.07) is 6.69. The number of methoxy groups -OCH3 is 1. The van der Waals surface area contributed by atoms with Gasteiger partial charge in [0, 0.05) is 59.6 Å². The Kier molecular flexibility index (Phi) is 4.86. The van der Waals surface area contributed by atoms with E-state index in [2.05, 4.69) is 39.2 Å². The van der Waals surface area contributed by atoms with Gasteiger partial charge in [0.15, 0.2) is 0 Å². The fraction of sp³-hybridized carbons (Fsp3) is 0.414. The lowest BCUT2D eigenvalue weighted by molar-refractivity contribution is -0.0317. The minimum absolute atomic E-state index is 0.000148. The Balaban J connectivity index is 1.36. The summed E-state index contributed by atoms with van der Waals surface area (Å²) in [4.78, 5) is 8.54. The van der Waals surface area contributed by atoms with E-state index in [1.54, 1.807) is 7.11 Å². The van der Waals surface area contributed by atoms with Crippen LogP contribution in [0.5, 0.6) is 0 Å². The molecule has 1 N–H and O–H groups in total. The SMILES string of the molecule is CO[C@@H]1COC[C@H]1n1ncc2cc(-c3c(-c4cnn(C)c4)[nH]c4ncc5c(c34)C3(CCCC3)OC5)ccc21. The minimum atomic E-state index is -0.216. The fourth-order valence-electron chi connectivity index (χ4n) is 6.96. The largest absolute Gasteiger partial charge is 0.377 e. The van der Waals surface area contributed by atoms with Crippen molar-refractivity contribution in [3.8, 4) is 22.4 Å². The van der Waals surface area contributed by atoms with Crippen LogP contribution in [0.1, 0.15) is 42.9 Å². The Morgan fingerprint density at radius 1 is 1.08 bits per heavy atom. The Labute approximate surface area is 219 Å². The predicted octanol–water partition coefficient (Wildman–Crippen LogP) is 4.87. The van der Waals surface area contributed by atoms with Gasteiger partial charge < -0.3 is 19.2 Å². The molecule has 1 saturated heterocycles. The third kappa shape index (κ3) is 3.12. The second-order valence-corrected chi connectivity index (χ2v) is 10.9. The van der Waals surface area contributed by atoms with Crippen molar-refractivity contribution in [3.63, 3.8) is 0 Å². The summed E-state index contributed by atoms with van der Waals surface area (Å²) in [7, 11) is 3.68. The first-order valence-electron chi connectivity index (χ1n) is 13.4. The number of aromatic amines is 1. The van der Waals surface area contributed by atoms with E-state index in [4.69, 9.17) is 24.3 Å². The van der Waals surface area contributed by atoms with Crippen LogP contribution < -0.4 is 0 Å². The molecule has 3 aliphatic rings. The van der Waals surface area contributed by atoms with Gasteiger partial charge in [0.25, 0.3) is 0 Å². The molecule has 1 aromatic carbocycles. The molecule has 1 spiro atoms. The zero-order chi connectivity index (χ0) is 25.4. The number of nitrogens with zero attached hydrogens (tertiary/aromatic N) is 5. The molecule has 0 radical (unpaired) electrons. The number of benzene rings is 1. The molecule has 9 nitrogen and oxygen atoms in total. The second-order valence-electron chi connectivity index (χ2n) is 10.9. The number of nitrogens with one attached hydrogen (secondary N) is 1. The quantitative estimate of drug-likeness (QED) is 0.371. The first-order chi connectivity index (χ1) is 18.6. The van der Waals surface area contributed by atoms with Crippen LogP contribution in [0.15, 0.2) is 43.0 Å². The number of aromatic nitrogens is 6. The highest BCUT2D eigenvalue weighted by atomic mass is 16.5. The van der Waals surface area contributed by atoms with E-state index in [1.165, 1.54) is 29.4 Å². The zero-order valence-corrected chi connectivity index (χ0v) is 21.6. The maximum absolute atomic E-state index is 6.53. The Bertz CT molecular complexity index is 1690. The van der Waals surface area contributed by atoms with Gasteiger partial charge in [0.05, 0.1) is 49.0 Å². The summed E-state index contributed by atoms with van der Waals surface area (Å²) < 4.78 is 21.8. The molecule has 6 heterocycles. The molecular weight excluding hydrogens is 480 g/mol. The Morgan fingerprint density at radius 2 is 1.97 bits per heavy atom. The van der Waals surface area contributed by atoms with Gasteiger partial charge in [0.1, 0.15) is 17.8 Å². The summed E-state index contributed by atoms with van der Waals surface area (Å²) >= 11 is 0. The molecule has 2 atom stereocenters. The smallest absolute Gasteiger partial charge is 0.138 e. The number of aryl methyl sites for hydroxylation is 1. The van der Waals surface area contributed by atoms with Gasteiger partial charge in [0.2, 0.25) is 0 Å². The lowest BCUT2D eigenvalue weighted by Crippen LogP contribution is -2.25. The van der Waals surface area contributed by atoms with Gasteiger partial charge in [-0.05, 0) is 30.5 Å². The highest BCUT2D eigenvalue weighted by Crippen LogP contribution is 2.53. The normalized spacial score (nSPS) is 22.4. The molecule has 4 aromatic heterocycles. The molecule has 1 saturated carbocycles. The summed E-state index contributed by atoms with van der Waals surface area (Å²) in [5, 5.41) is 11.5. The molecule has 0 unspecified atom stereocenters. The number of hydrogen-bond donors (Lipinski definition) is 1.